The van der Waals surface area contributed by atoms with Crippen molar-refractivity contribution in [2.45, 2.75) is 25.8 Å². The fourth-order valence-electron chi connectivity index (χ4n) is 1.98. The lowest BCUT2D eigenvalue weighted by atomic mass is 10.1. The molecule has 0 saturated heterocycles. The van der Waals surface area contributed by atoms with Crippen molar-refractivity contribution in [2.75, 3.05) is 26.9 Å². The summed E-state index contributed by atoms with van der Waals surface area (Å²) in [4.78, 5) is 12.1. The lowest BCUT2D eigenvalue weighted by Gasteiger charge is -2.14. The fourth-order valence-corrected chi connectivity index (χ4v) is 1.98. The Labute approximate surface area is 119 Å². The summed E-state index contributed by atoms with van der Waals surface area (Å²) in [6.07, 6.45) is 1.64. The number of carbonyl (C=O) groups is 1. The number of carbonyl (C=O) groups excluding carboxylic acids is 1. The number of methoxy groups -OCH3 is 1. The van der Waals surface area contributed by atoms with Crippen LogP contribution in [0.2, 0.25) is 0 Å². The average Bonchev–Trinajstić information content (AvgIpc) is 2.69. The van der Waals surface area contributed by atoms with Crippen LogP contribution >= 0.6 is 0 Å². The molecule has 1 aromatic rings. The first-order chi connectivity index (χ1) is 9.70. The van der Waals surface area contributed by atoms with E-state index in [-0.39, 0.29) is 11.9 Å². The summed E-state index contributed by atoms with van der Waals surface area (Å²) in [5.74, 6) is 1.23. The molecule has 0 aromatic heterocycles. The lowest BCUT2D eigenvalue weighted by Crippen LogP contribution is -2.33. The summed E-state index contributed by atoms with van der Waals surface area (Å²) >= 11 is 0. The molecule has 1 unspecified atom stereocenters. The minimum atomic E-state index is -0.107. The van der Waals surface area contributed by atoms with Crippen LogP contribution in [0.5, 0.6) is 11.5 Å². The van der Waals surface area contributed by atoms with E-state index in [2.05, 4.69) is 5.32 Å². The maximum atomic E-state index is 12.1. The summed E-state index contributed by atoms with van der Waals surface area (Å²) in [5, 5.41) is 2.94. The van der Waals surface area contributed by atoms with Crippen LogP contribution in [-0.2, 0) is 4.74 Å². The van der Waals surface area contributed by atoms with Crippen LogP contribution in [0.15, 0.2) is 18.2 Å². The second-order valence-electron chi connectivity index (χ2n) is 4.87. The van der Waals surface area contributed by atoms with E-state index in [0.29, 0.717) is 36.9 Å². The Morgan fingerprint density at radius 3 is 2.85 bits per heavy atom. The van der Waals surface area contributed by atoms with Gasteiger partial charge in [0, 0.05) is 31.7 Å². The normalized spacial score (nSPS) is 15.3. The Bertz CT molecular complexity index is 461. The molecule has 20 heavy (non-hydrogen) atoms. The monoisotopic (exact) mass is 279 g/mol. The van der Waals surface area contributed by atoms with Gasteiger partial charge in [0.25, 0.3) is 5.91 Å². The van der Waals surface area contributed by atoms with Gasteiger partial charge in [0.1, 0.15) is 0 Å². The molecule has 1 amide bonds. The van der Waals surface area contributed by atoms with Crippen LogP contribution in [0.25, 0.3) is 0 Å². The topological polar surface area (TPSA) is 56.8 Å². The van der Waals surface area contributed by atoms with Crippen molar-refractivity contribution in [3.8, 4) is 11.5 Å². The van der Waals surface area contributed by atoms with Gasteiger partial charge in [-0.15, -0.1) is 0 Å². The third-order valence-corrected chi connectivity index (χ3v) is 3.14. The Kier molecular flexibility index (Phi) is 5.24. The van der Waals surface area contributed by atoms with Crippen molar-refractivity contribution in [1.82, 2.24) is 5.32 Å². The summed E-state index contributed by atoms with van der Waals surface area (Å²) in [7, 11) is 1.65. The molecule has 0 bridgehead atoms. The number of rotatable bonds is 5. The van der Waals surface area contributed by atoms with E-state index in [0.717, 1.165) is 12.8 Å². The molecular formula is C15H21NO4. The molecule has 0 spiro atoms. The van der Waals surface area contributed by atoms with Crippen molar-refractivity contribution >= 4 is 5.91 Å². The van der Waals surface area contributed by atoms with Gasteiger partial charge in [-0.3, -0.25) is 4.79 Å². The Hall–Kier alpha value is -1.75. The zero-order valence-electron chi connectivity index (χ0n) is 12.0. The van der Waals surface area contributed by atoms with Crippen LogP contribution in [0.4, 0.5) is 0 Å². The largest absolute Gasteiger partial charge is 0.490 e. The molecule has 1 N–H and O–H groups in total. The van der Waals surface area contributed by atoms with Crippen molar-refractivity contribution in [2.24, 2.45) is 0 Å². The molecule has 0 saturated carbocycles. The Morgan fingerprint density at radius 1 is 1.35 bits per heavy atom. The average molecular weight is 279 g/mol. The molecule has 0 radical (unpaired) electrons. The second-order valence-corrected chi connectivity index (χ2v) is 4.87. The van der Waals surface area contributed by atoms with Crippen molar-refractivity contribution < 1.29 is 19.0 Å². The van der Waals surface area contributed by atoms with E-state index in [1.54, 1.807) is 25.3 Å². The van der Waals surface area contributed by atoms with Crippen LogP contribution in [0.1, 0.15) is 30.1 Å². The smallest absolute Gasteiger partial charge is 0.251 e. The third-order valence-electron chi connectivity index (χ3n) is 3.14. The highest BCUT2D eigenvalue weighted by Gasteiger charge is 2.15. The molecule has 1 aliphatic rings. The van der Waals surface area contributed by atoms with Crippen LogP contribution < -0.4 is 14.8 Å². The molecule has 110 valence electrons. The Balaban J connectivity index is 2.01. The number of nitrogens with one attached hydrogen (secondary N) is 1. The van der Waals surface area contributed by atoms with E-state index in [1.165, 1.54) is 0 Å². The van der Waals surface area contributed by atoms with Gasteiger partial charge >= 0.3 is 0 Å². The van der Waals surface area contributed by atoms with Crippen molar-refractivity contribution in [1.29, 1.82) is 0 Å². The van der Waals surface area contributed by atoms with E-state index >= 15 is 0 Å². The summed E-state index contributed by atoms with van der Waals surface area (Å²) in [6.45, 7) is 3.84. The third kappa shape index (κ3) is 3.87. The van der Waals surface area contributed by atoms with Crippen LogP contribution in [-0.4, -0.2) is 38.9 Å². The fraction of sp³-hybridized carbons (Fsp3) is 0.533. The van der Waals surface area contributed by atoms with E-state index in [1.807, 2.05) is 6.92 Å². The first-order valence-corrected chi connectivity index (χ1v) is 6.90. The Morgan fingerprint density at radius 2 is 2.10 bits per heavy atom. The molecule has 1 aliphatic heterocycles. The van der Waals surface area contributed by atoms with E-state index in [4.69, 9.17) is 14.2 Å². The van der Waals surface area contributed by atoms with Gasteiger partial charge in [0.15, 0.2) is 11.5 Å². The van der Waals surface area contributed by atoms with Gasteiger partial charge in [-0.25, -0.2) is 0 Å². The van der Waals surface area contributed by atoms with Crippen LogP contribution in [0.3, 0.4) is 0 Å². The van der Waals surface area contributed by atoms with Crippen molar-refractivity contribution in [3.63, 3.8) is 0 Å². The summed E-state index contributed by atoms with van der Waals surface area (Å²) in [5.41, 5.74) is 0.582. The quantitative estimate of drug-likeness (QED) is 0.895. The predicted octanol–water partition coefficient (Wildman–Crippen LogP) is 2.00. The maximum absolute atomic E-state index is 12.1. The predicted molar refractivity (Wildman–Crippen MR) is 75.5 cm³/mol. The van der Waals surface area contributed by atoms with E-state index in [9.17, 15) is 4.79 Å². The van der Waals surface area contributed by atoms with Crippen molar-refractivity contribution in [3.05, 3.63) is 23.8 Å². The highest BCUT2D eigenvalue weighted by molar-refractivity contribution is 5.95. The van der Waals surface area contributed by atoms with Gasteiger partial charge in [-0.05, 0) is 31.5 Å². The number of hydrogen-bond donors (Lipinski definition) is 1. The number of amides is 1. The zero-order chi connectivity index (χ0) is 14.4. The minimum Gasteiger partial charge on any atom is -0.490 e. The minimum absolute atomic E-state index is 0.0680. The van der Waals surface area contributed by atoms with E-state index < -0.39 is 0 Å². The van der Waals surface area contributed by atoms with Gasteiger partial charge in [-0.2, -0.15) is 0 Å². The first kappa shape index (κ1) is 14.7. The second kappa shape index (κ2) is 7.14. The summed E-state index contributed by atoms with van der Waals surface area (Å²) in [6, 6.07) is 5.35. The molecule has 5 nitrogen and oxygen atoms in total. The summed E-state index contributed by atoms with van der Waals surface area (Å²) < 4.78 is 16.1. The molecule has 1 heterocycles. The number of ether oxygens (including phenoxy) is 3. The van der Waals surface area contributed by atoms with Gasteiger partial charge in [0.2, 0.25) is 0 Å². The molecule has 1 aromatic carbocycles. The van der Waals surface area contributed by atoms with Gasteiger partial charge in [0.05, 0.1) is 13.2 Å². The molecule has 2 rings (SSSR count). The molecule has 0 aliphatic carbocycles. The SMILES string of the molecule is COCCC(C)NC(=O)c1ccc2c(c1)OCCCO2. The number of hydrogen-bond acceptors (Lipinski definition) is 4. The molecule has 1 atom stereocenters. The molecule has 5 heteroatoms. The van der Waals surface area contributed by atoms with Crippen LogP contribution in [0, 0.1) is 0 Å². The first-order valence-electron chi connectivity index (χ1n) is 6.90. The highest BCUT2D eigenvalue weighted by atomic mass is 16.5. The highest BCUT2D eigenvalue weighted by Crippen LogP contribution is 2.30. The number of benzene rings is 1. The molecular weight excluding hydrogens is 258 g/mol. The lowest BCUT2D eigenvalue weighted by molar-refractivity contribution is 0.0929. The zero-order valence-corrected chi connectivity index (χ0v) is 12.0. The van der Waals surface area contributed by atoms with Gasteiger partial charge < -0.3 is 19.5 Å². The maximum Gasteiger partial charge on any atom is 0.251 e. The number of fused-ring (bicyclic) bond motifs is 1. The molecule has 0 fully saturated rings. The van der Waals surface area contributed by atoms with Gasteiger partial charge in [-0.1, -0.05) is 0 Å². The standard InChI is InChI=1S/C15H21NO4/c1-11(6-9-18-2)16-15(17)12-4-5-13-14(10-12)20-8-3-7-19-13/h4-5,10-11H,3,6-9H2,1-2H3,(H,16,17).